The minimum atomic E-state index is -1.58. The van der Waals surface area contributed by atoms with Gasteiger partial charge in [-0.15, -0.1) is 6.58 Å². The van der Waals surface area contributed by atoms with Gasteiger partial charge in [-0.05, 0) is 0 Å². The standard InChI is InChI=1S/C9H16O6/c1-2-3-15-9-7(13)5(11)4(10)6(12)8(9)14/h2,4-14H,1,3H2. The summed E-state index contributed by atoms with van der Waals surface area (Å²) in [5, 5.41) is 46.9. The molecule has 6 heteroatoms. The third-order valence-electron chi connectivity index (χ3n) is 2.48. The maximum absolute atomic E-state index is 9.48. The van der Waals surface area contributed by atoms with E-state index in [2.05, 4.69) is 6.58 Å². The minimum Gasteiger partial charge on any atom is -0.387 e. The Bertz CT molecular complexity index is 205. The van der Waals surface area contributed by atoms with Gasteiger partial charge in [0.25, 0.3) is 0 Å². The van der Waals surface area contributed by atoms with Crippen molar-refractivity contribution in [1.82, 2.24) is 0 Å². The summed E-state index contributed by atoms with van der Waals surface area (Å²) in [6.45, 7) is 3.45. The van der Waals surface area contributed by atoms with E-state index in [0.29, 0.717) is 0 Å². The van der Waals surface area contributed by atoms with Crippen molar-refractivity contribution in [3.05, 3.63) is 12.7 Å². The molecule has 6 nitrogen and oxygen atoms in total. The predicted octanol–water partition coefficient (Wildman–Crippen LogP) is -2.62. The zero-order chi connectivity index (χ0) is 11.6. The molecule has 1 fully saturated rings. The number of rotatable bonds is 3. The Labute approximate surface area is 87.0 Å². The normalized spacial score (nSPS) is 46.5. The van der Waals surface area contributed by atoms with E-state index in [1.165, 1.54) is 6.08 Å². The highest BCUT2D eigenvalue weighted by molar-refractivity contribution is 4.99. The molecule has 1 aliphatic carbocycles. The Morgan fingerprint density at radius 1 is 0.867 bits per heavy atom. The maximum atomic E-state index is 9.48. The van der Waals surface area contributed by atoms with Gasteiger partial charge in [0.1, 0.15) is 36.6 Å². The van der Waals surface area contributed by atoms with Crippen molar-refractivity contribution >= 4 is 0 Å². The Kier molecular flexibility index (Phi) is 4.21. The van der Waals surface area contributed by atoms with Crippen LogP contribution in [0.2, 0.25) is 0 Å². The van der Waals surface area contributed by atoms with Crippen LogP contribution >= 0.6 is 0 Å². The summed E-state index contributed by atoms with van der Waals surface area (Å²) in [5.74, 6) is 0. The Morgan fingerprint density at radius 3 is 1.67 bits per heavy atom. The van der Waals surface area contributed by atoms with Gasteiger partial charge < -0.3 is 30.3 Å². The lowest BCUT2D eigenvalue weighted by Crippen LogP contribution is -2.64. The molecule has 88 valence electrons. The quantitative estimate of drug-likeness (QED) is 0.333. The molecule has 0 aromatic carbocycles. The topological polar surface area (TPSA) is 110 Å². The van der Waals surface area contributed by atoms with Gasteiger partial charge in [0, 0.05) is 0 Å². The van der Waals surface area contributed by atoms with Gasteiger partial charge in [0.2, 0.25) is 0 Å². The van der Waals surface area contributed by atoms with Crippen LogP contribution in [0.4, 0.5) is 0 Å². The molecule has 0 spiro atoms. The fraction of sp³-hybridized carbons (Fsp3) is 0.778. The number of ether oxygens (including phenoxy) is 1. The van der Waals surface area contributed by atoms with Gasteiger partial charge in [-0.3, -0.25) is 0 Å². The van der Waals surface area contributed by atoms with Crippen LogP contribution in [0.15, 0.2) is 12.7 Å². The lowest BCUT2D eigenvalue weighted by atomic mass is 9.85. The average Bonchev–Trinajstić information content (AvgIpc) is 2.24. The lowest BCUT2D eigenvalue weighted by molar-refractivity contribution is -0.233. The molecule has 0 radical (unpaired) electrons. The second-order valence-corrected chi connectivity index (χ2v) is 3.54. The highest BCUT2D eigenvalue weighted by Crippen LogP contribution is 2.23. The molecule has 5 N–H and O–H groups in total. The minimum absolute atomic E-state index is 0.0638. The molecule has 15 heavy (non-hydrogen) atoms. The zero-order valence-corrected chi connectivity index (χ0v) is 8.10. The van der Waals surface area contributed by atoms with E-state index in [1.807, 2.05) is 0 Å². The summed E-state index contributed by atoms with van der Waals surface area (Å²) in [7, 11) is 0. The van der Waals surface area contributed by atoms with Gasteiger partial charge in [0.05, 0.1) is 6.61 Å². The third kappa shape index (κ3) is 2.36. The maximum Gasteiger partial charge on any atom is 0.115 e. The smallest absolute Gasteiger partial charge is 0.115 e. The van der Waals surface area contributed by atoms with Gasteiger partial charge in [-0.2, -0.15) is 0 Å². The molecule has 0 saturated heterocycles. The summed E-state index contributed by atoms with van der Waals surface area (Å²) in [6, 6.07) is 0. The summed E-state index contributed by atoms with van der Waals surface area (Å²) in [4.78, 5) is 0. The van der Waals surface area contributed by atoms with Crippen molar-refractivity contribution in [2.24, 2.45) is 0 Å². The summed E-state index contributed by atoms with van der Waals surface area (Å²) in [5.41, 5.74) is 0. The molecular weight excluding hydrogens is 204 g/mol. The van der Waals surface area contributed by atoms with Gasteiger partial charge in [0.15, 0.2) is 0 Å². The first-order chi connectivity index (χ1) is 7.00. The predicted molar refractivity (Wildman–Crippen MR) is 50.0 cm³/mol. The van der Waals surface area contributed by atoms with Crippen LogP contribution in [-0.4, -0.2) is 68.8 Å². The van der Waals surface area contributed by atoms with Crippen molar-refractivity contribution in [3.8, 4) is 0 Å². The third-order valence-corrected chi connectivity index (χ3v) is 2.48. The van der Waals surface area contributed by atoms with Crippen LogP contribution in [0, 0.1) is 0 Å². The van der Waals surface area contributed by atoms with Crippen LogP contribution in [0.25, 0.3) is 0 Å². The highest BCUT2D eigenvalue weighted by atomic mass is 16.5. The van der Waals surface area contributed by atoms with E-state index in [4.69, 9.17) is 4.74 Å². The first-order valence-electron chi connectivity index (χ1n) is 4.63. The molecule has 0 heterocycles. The van der Waals surface area contributed by atoms with E-state index in [1.54, 1.807) is 0 Å². The zero-order valence-electron chi connectivity index (χ0n) is 8.10. The van der Waals surface area contributed by atoms with Crippen molar-refractivity contribution in [2.75, 3.05) is 6.61 Å². The van der Waals surface area contributed by atoms with Crippen molar-refractivity contribution in [1.29, 1.82) is 0 Å². The van der Waals surface area contributed by atoms with Gasteiger partial charge in [-0.25, -0.2) is 0 Å². The summed E-state index contributed by atoms with van der Waals surface area (Å²) < 4.78 is 5.00. The molecule has 0 bridgehead atoms. The Morgan fingerprint density at radius 2 is 1.27 bits per heavy atom. The van der Waals surface area contributed by atoms with Gasteiger partial charge >= 0.3 is 0 Å². The second-order valence-electron chi connectivity index (χ2n) is 3.54. The number of hydrogen-bond acceptors (Lipinski definition) is 6. The monoisotopic (exact) mass is 220 g/mol. The first-order valence-corrected chi connectivity index (χ1v) is 4.63. The second kappa shape index (κ2) is 5.02. The van der Waals surface area contributed by atoms with E-state index in [0.717, 1.165) is 0 Å². The van der Waals surface area contributed by atoms with Crippen LogP contribution in [-0.2, 0) is 4.74 Å². The molecule has 0 aromatic heterocycles. The van der Waals surface area contributed by atoms with Crippen molar-refractivity contribution in [3.63, 3.8) is 0 Å². The molecule has 4 unspecified atom stereocenters. The Balaban J connectivity index is 2.72. The SMILES string of the molecule is C=CCOC1C(O)C(O)C(O)C(O)C1O. The number of aliphatic hydroxyl groups is 5. The highest BCUT2D eigenvalue weighted by Gasteiger charge is 2.48. The number of hydrogen-bond donors (Lipinski definition) is 5. The van der Waals surface area contributed by atoms with Crippen LogP contribution in [0.5, 0.6) is 0 Å². The summed E-state index contributed by atoms with van der Waals surface area (Å²) >= 11 is 0. The molecule has 1 rings (SSSR count). The number of aliphatic hydroxyl groups excluding tert-OH is 5. The summed E-state index contributed by atoms with van der Waals surface area (Å²) in [6.07, 6.45) is -7.30. The Hall–Kier alpha value is -0.500. The van der Waals surface area contributed by atoms with E-state index < -0.39 is 36.6 Å². The van der Waals surface area contributed by atoms with Crippen LogP contribution in [0.1, 0.15) is 0 Å². The molecule has 1 saturated carbocycles. The molecule has 0 aliphatic heterocycles. The first kappa shape index (κ1) is 12.6. The fourth-order valence-corrected chi connectivity index (χ4v) is 1.57. The van der Waals surface area contributed by atoms with Gasteiger partial charge in [-0.1, -0.05) is 6.08 Å². The van der Waals surface area contributed by atoms with Crippen LogP contribution < -0.4 is 0 Å². The average molecular weight is 220 g/mol. The fourth-order valence-electron chi connectivity index (χ4n) is 1.57. The van der Waals surface area contributed by atoms with Crippen molar-refractivity contribution < 1.29 is 30.3 Å². The molecular formula is C9H16O6. The molecule has 0 amide bonds. The molecule has 1 aliphatic rings. The van der Waals surface area contributed by atoms with E-state index in [9.17, 15) is 25.5 Å². The largest absolute Gasteiger partial charge is 0.387 e. The van der Waals surface area contributed by atoms with Crippen LogP contribution in [0.3, 0.4) is 0 Å². The molecule has 4 atom stereocenters. The lowest BCUT2D eigenvalue weighted by Gasteiger charge is -2.41. The van der Waals surface area contributed by atoms with E-state index in [-0.39, 0.29) is 6.61 Å². The van der Waals surface area contributed by atoms with E-state index >= 15 is 0 Å². The molecule has 0 aromatic rings. The van der Waals surface area contributed by atoms with Crippen molar-refractivity contribution in [2.45, 2.75) is 36.6 Å².